The second-order valence-electron chi connectivity index (χ2n) is 5.01. The van der Waals surface area contributed by atoms with Crippen LogP contribution in [0.3, 0.4) is 0 Å². The fraction of sp³-hybridized carbons (Fsp3) is 0.571. The van der Waals surface area contributed by atoms with E-state index in [2.05, 4.69) is 22.3 Å². The number of alkyl halides is 3. The Balaban J connectivity index is 1.88. The number of benzene rings is 1. The summed E-state index contributed by atoms with van der Waals surface area (Å²) in [6.07, 6.45) is 0. The van der Waals surface area contributed by atoms with Crippen molar-refractivity contribution in [3.63, 3.8) is 0 Å². The highest BCUT2D eigenvalue weighted by Gasteiger charge is 2.30. The molecule has 2 unspecified atom stereocenters. The first-order valence-corrected chi connectivity index (χ1v) is 7.67. The van der Waals surface area contributed by atoms with Crippen LogP contribution in [0.4, 0.5) is 13.2 Å². The Bertz CT molecular complexity index is 411. The first-order valence-electron chi connectivity index (χ1n) is 6.69. The molecule has 0 amide bonds. The van der Waals surface area contributed by atoms with Gasteiger partial charge in [0.1, 0.15) is 0 Å². The van der Waals surface area contributed by atoms with Gasteiger partial charge in [0.25, 0.3) is 0 Å². The second kappa shape index (κ2) is 6.83. The van der Waals surface area contributed by atoms with Crippen LogP contribution in [0.1, 0.15) is 18.5 Å². The van der Waals surface area contributed by atoms with Crippen LogP contribution in [0.5, 0.6) is 0 Å². The van der Waals surface area contributed by atoms with Gasteiger partial charge in [0.15, 0.2) is 0 Å². The molecule has 0 aromatic heterocycles. The second-order valence-corrected chi connectivity index (χ2v) is 6.17. The average Bonchev–Trinajstić information content (AvgIpc) is 2.40. The first kappa shape index (κ1) is 15.7. The van der Waals surface area contributed by atoms with E-state index in [1.807, 2.05) is 25.1 Å². The Hall–Kier alpha value is -0.720. The van der Waals surface area contributed by atoms with Crippen LogP contribution in [-0.4, -0.2) is 41.8 Å². The summed E-state index contributed by atoms with van der Waals surface area (Å²) in [5.74, 6) is 0.0926. The van der Waals surface area contributed by atoms with E-state index >= 15 is 0 Å². The minimum Gasteiger partial charge on any atom is -0.307 e. The van der Waals surface area contributed by atoms with Gasteiger partial charge in [0, 0.05) is 37.5 Å². The van der Waals surface area contributed by atoms with Gasteiger partial charge in [-0.05, 0) is 24.2 Å². The van der Waals surface area contributed by atoms with Gasteiger partial charge in [0.2, 0.25) is 0 Å². The van der Waals surface area contributed by atoms with Crippen LogP contribution < -0.4 is 5.32 Å². The van der Waals surface area contributed by atoms with Crippen LogP contribution in [-0.2, 0) is 0 Å². The van der Waals surface area contributed by atoms with Crippen molar-refractivity contribution in [2.45, 2.75) is 24.5 Å². The topological polar surface area (TPSA) is 15.3 Å². The van der Waals surface area contributed by atoms with Crippen molar-refractivity contribution in [1.82, 2.24) is 10.2 Å². The quantitative estimate of drug-likeness (QED) is 0.919. The highest BCUT2D eigenvalue weighted by molar-refractivity contribution is 8.00. The monoisotopic (exact) mass is 304 g/mol. The minimum atomic E-state index is -4.13. The fourth-order valence-electron chi connectivity index (χ4n) is 2.42. The van der Waals surface area contributed by atoms with Crippen LogP contribution in [0, 0.1) is 0 Å². The number of rotatable bonds is 4. The minimum absolute atomic E-state index is 0.0642. The van der Waals surface area contributed by atoms with Gasteiger partial charge in [-0.2, -0.15) is 13.2 Å². The molecular formula is C14H19F3N2S. The summed E-state index contributed by atoms with van der Waals surface area (Å²) in [6.45, 7) is 4.07. The molecule has 1 aliphatic heterocycles. The Morgan fingerprint density at radius 3 is 2.65 bits per heavy atom. The molecule has 1 aromatic rings. The van der Waals surface area contributed by atoms with E-state index in [-0.39, 0.29) is 29.6 Å². The van der Waals surface area contributed by atoms with Crippen molar-refractivity contribution in [3.8, 4) is 0 Å². The molecule has 112 valence electrons. The Morgan fingerprint density at radius 1 is 1.30 bits per heavy atom. The first-order chi connectivity index (χ1) is 9.46. The van der Waals surface area contributed by atoms with Crippen molar-refractivity contribution < 1.29 is 13.2 Å². The third kappa shape index (κ3) is 4.68. The van der Waals surface area contributed by atoms with E-state index in [4.69, 9.17) is 0 Å². The summed E-state index contributed by atoms with van der Waals surface area (Å²) in [5.41, 5.74) is -2.94. The van der Waals surface area contributed by atoms with E-state index in [9.17, 15) is 13.2 Å². The van der Waals surface area contributed by atoms with Crippen molar-refractivity contribution >= 4 is 11.8 Å². The van der Waals surface area contributed by atoms with Crippen LogP contribution in [0.25, 0.3) is 0 Å². The van der Waals surface area contributed by atoms with E-state index in [1.54, 1.807) is 0 Å². The summed E-state index contributed by atoms with van der Waals surface area (Å²) in [5, 5.41) is 3.45. The van der Waals surface area contributed by atoms with Crippen LogP contribution >= 0.6 is 11.8 Å². The highest BCUT2D eigenvalue weighted by Crippen LogP contribution is 2.30. The SMILES string of the molecule is CC1CNC(c2ccccc2)CN1CCSC(F)(F)F. The zero-order valence-corrected chi connectivity index (χ0v) is 12.2. The summed E-state index contributed by atoms with van der Waals surface area (Å²) in [6, 6.07) is 10.5. The maximum atomic E-state index is 12.2. The van der Waals surface area contributed by atoms with Gasteiger partial charge >= 0.3 is 5.51 Å². The third-order valence-corrected chi connectivity index (χ3v) is 4.26. The van der Waals surface area contributed by atoms with Crippen molar-refractivity contribution in [2.75, 3.05) is 25.4 Å². The number of nitrogens with zero attached hydrogens (tertiary/aromatic N) is 1. The smallest absolute Gasteiger partial charge is 0.307 e. The lowest BCUT2D eigenvalue weighted by molar-refractivity contribution is -0.0329. The summed E-state index contributed by atoms with van der Waals surface area (Å²) < 4.78 is 36.5. The number of piperazine rings is 1. The van der Waals surface area contributed by atoms with E-state index in [0.717, 1.165) is 13.1 Å². The van der Waals surface area contributed by atoms with Gasteiger partial charge in [-0.25, -0.2) is 0 Å². The molecule has 1 N–H and O–H groups in total. The summed E-state index contributed by atoms with van der Waals surface area (Å²) >= 11 is 0.0642. The Kier molecular flexibility index (Phi) is 5.35. The van der Waals surface area contributed by atoms with Gasteiger partial charge in [0.05, 0.1) is 0 Å². The van der Waals surface area contributed by atoms with Crippen molar-refractivity contribution in [2.24, 2.45) is 0 Å². The molecule has 0 spiro atoms. The van der Waals surface area contributed by atoms with Crippen molar-refractivity contribution in [1.29, 1.82) is 0 Å². The molecule has 2 nitrogen and oxygen atoms in total. The van der Waals surface area contributed by atoms with Gasteiger partial charge in [-0.3, -0.25) is 4.90 Å². The van der Waals surface area contributed by atoms with E-state index in [1.165, 1.54) is 5.56 Å². The number of halogens is 3. The highest BCUT2D eigenvalue weighted by atomic mass is 32.2. The van der Waals surface area contributed by atoms with Crippen LogP contribution in [0.15, 0.2) is 30.3 Å². The molecule has 0 radical (unpaired) electrons. The van der Waals surface area contributed by atoms with Gasteiger partial charge < -0.3 is 5.32 Å². The van der Waals surface area contributed by atoms with E-state index in [0.29, 0.717) is 6.54 Å². The molecule has 1 heterocycles. The molecule has 0 bridgehead atoms. The molecule has 20 heavy (non-hydrogen) atoms. The molecule has 6 heteroatoms. The lowest BCUT2D eigenvalue weighted by Crippen LogP contribution is -2.52. The molecule has 1 saturated heterocycles. The molecule has 2 atom stereocenters. The number of thioether (sulfide) groups is 1. The van der Waals surface area contributed by atoms with Gasteiger partial charge in [-0.1, -0.05) is 30.3 Å². The standard InChI is InChI=1S/C14H19F3N2S/c1-11-9-18-13(12-5-3-2-4-6-12)10-19(11)7-8-20-14(15,16)17/h2-6,11,13,18H,7-10H2,1H3. The molecule has 1 fully saturated rings. The lowest BCUT2D eigenvalue weighted by Gasteiger charge is -2.39. The van der Waals surface area contributed by atoms with Crippen molar-refractivity contribution in [3.05, 3.63) is 35.9 Å². The molecule has 1 aliphatic rings. The summed E-state index contributed by atoms with van der Waals surface area (Å²) in [4.78, 5) is 2.13. The third-order valence-electron chi connectivity index (χ3n) is 3.55. The number of nitrogens with one attached hydrogen (secondary N) is 1. The largest absolute Gasteiger partial charge is 0.441 e. The lowest BCUT2D eigenvalue weighted by atomic mass is 10.0. The number of hydrogen-bond donors (Lipinski definition) is 1. The molecule has 2 rings (SSSR count). The maximum Gasteiger partial charge on any atom is 0.441 e. The maximum absolute atomic E-state index is 12.2. The summed E-state index contributed by atoms with van der Waals surface area (Å²) in [7, 11) is 0. The molecule has 0 aliphatic carbocycles. The van der Waals surface area contributed by atoms with Gasteiger partial charge in [-0.15, -0.1) is 0 Å². The molecular weight excluding hydrogens is 285 g/mol. The van der Waals surface area contributed by atoms with E-state index < -0.39 is 5.51 Å². The predicted molar refractivity (Wildman–Crippen MR) is 76.7 cm³/mol. The Labute approximate surface area is 121 Å². The zero-order valence-electron chi connectivity index (χ0n) is 11.4. The Morgan fingerprint density at radius 2 is 2.00 bits per heavy atom. The molecule has 0 saturated carbocycles. The van der Waals surface area contributed by atoms with Crippen LogP contribution in [0.2, 0.25) is 0 Å². The fourth-order valence-corrected chi connectivity index (χ4v) is 2.98. The average molecular weight is 304 g/mol. The normalized spacial score (nSPS) is 24.8. The predicted octanol–water partition coefficient (Wildman–Crippen LogP) is 3.27. The number of hydrogen-bond acceptors (Lipinski definition) is 3. The molecule has 1 aromatic carbocycles. The zero-order chi connectivity index (χ0) is 14.6.